The molecule has 0 aliphatic rings. The fraction of sp³-hybridized carbons (Fsp3) is 0.636. The van der Waals surface area contributed by atoms with Crippen LogP contribution in [0, 0.1) is 6.92 Å². The van der Waals surface area contributed by atoms with Crippen LogP contribution in [-0.2, 0) is 0 Å². The minimum absolute atomic E-state index is 0.775. The average Bonchev–Trinajstić information content (AvgIpc) is 2.26. The summed E-state index contributed by atoms with van der Waals surface area (Å²) in [5.41, 5.74) is 0.947. The summed E-state index contributed by atoms with van der Waals surface area (Å²) in [5, 5.41) is 11.2. The molecule has 84 valence electrons. The van der Waals surface area contributed by atoms with E-state index in [1.165, 1.54) is 12.8 Å². The van der Waals surface area contributed by atoms with Gasteiger partial charge in [0.25, 0.3) is 0 Å². The molecule has 0 aliphatic heterocycles. The smallest absolute Gasteiger partial charge is 0.148 e. The van der Waals surface area contributed by atoms with Crippen LogP contribution < -0.4 is 5.32 Å². The van der Waals surface area contributed by atoms with Gasteiger partial charge in [0.15, 0.2) is 0 Å². The number of nitrogens with one attached hydrogen (secondary N) is 1. The predicted molar refractivity (Wildman–Crippen MR) is 64.4 cm³/mol. The SMILES string of the molecule is Cc1ccc(NCCCCCCCl)nn1. The van der Waals surface area contributed by atoms with Gasteiger partial charge < -0.3 is 5.32 Å². The van der Waals surface area contributed by atoms with Gasteiger partial charge in [-0.15, -0.1) is 16.7 Å². The number of aromatic nitrogens is 2. The Hall–Kier alpha value is -0.830. The molecule has 15 heavy (non-hydrogen) atoms. The molecule has 3 nitrogen and oxygen atoms in total. The molecule has 0 amide bonds. The van der Waals surface area contributed by atoms with Crippen molar-refractivity contribution in [2.75, 3.05) is 17.7 Å². The molecule has 1 aromatic heterocycles. The number of nitrogens with zero attached hydrogens (tertiary/aromatic N) is 2. The molecular formula is C11H18ClN3. The Morgan fingerprint density at radius 2 is 1.93 bits per heavy atom. The fourth-order valence-corrected chi connectivity index (χ4v) is 1.47. The van der Waals surface area contributed by atoms with Gasteiger partial charge in [-0.05, 0) is 31.9 Å². The Kier molecular flexibility index (Phi) is 6.09. The van der Waals surface area contributed by atoms with Gasteiger partial charge in [0.1, 0.15) is 5.82 Å². The quantitative estimate of drug-likeness (QED) is 0.575. The van der Waals surface area contributed by atoms with Crippen molar-refractivity contribution in [3.63, 3.8) is 0 Å². The van der Waals surface area contributed by atoms with Gasteiger partial charge in [0, 0.05) is 12.4 Å². The summed E-state index contributed by atoms with van der Waals surface area (Å²) in [5.74, 6) is 1.63. The fourth-order valence-electron chi connectivity index (χ4n) is 1.28. The Morgan fingerprint density at radius 1 is 1.13 bits per heavy atom. The molecule has 1 aromatic rings. The van der Waals surface area contributed by atoms with Crippen molar-refractivity contribution in [3.8, 4) is 0 Å². The van der Waals surface area contributed by atoms with E-state index in [4.69, 9.17) is 11.6 Å². The molecule has 0 aromatic carbocycles. The van der Waals surface area contributed by atoms with Crippen LogP contribution in [0.3, 0.4) is 0 Å². The van der Waals surface area contributed by atoms with Crippen LogP contribution in [-0.4, -0.2) is 22.6 Å². The molecule has 1 N–H and O–H groups in total. The van der Waals surface area contributed by atoms with Crippen molar-refractivity contribution in [1.29, 1.82) is 0 Å². The Balaban J connectivity index is 2.07. The van der Waals surface area contributed by atoms with Crippen LogP contribution in [0.5, 0.6) is 0 Å². The van der Waals surface area contributed by atoms with Gasteiger partial charge >= 0.3 is 0 Å². The standard InChI is InChI=1S/C11H18ClN3/c1-10-6-7-11(15-14-10)13-9-5-3-2-4-8-12/h6-7H,2-5,8-9H2,1H3,(H,13,15). The van der Waals surface area contributed by atoms with Gasteiger partial charge in [0.2, 0.25) is 0 Å². The highest BCUT2D eigenvalue weighted by Gasteiger charge is 1.93. The molecule has 0 spiro atoms. The van der Waals surface area contributed by atoms with E-state index in [-0.39, 0.29) is 0 Å². The Morgan fingerprint density at radius 3 is 2.60 bits per heavy atom. The van der Waals surface area contributed by atoms with Crippen molar-refractivity contribution >= 4 is 17.4 Å². The molecule has 4 heteroatoms. The number of hydrogen-bond acceptors (Lipinski definition) is 3. The maximum absolute atomic E-state index is 5.59. The summed E-state index contributed by atoms with van der Waals surface area (Å²) in [6.07, 6.45) is 4.71. The number of halogens is 1. The van der Waals surface area contributed by atoms with E-state index < -0.39 is 0 Å². The van der Waals surface area contributed by atoms with Crippen molar-refractivity contribution in [2.24, 2.45) is 0 Å². The first-order valence-electron chi connectivity index (χ1n) is 5.43. The molecule has 0 radical (unpaired) electrons. The van der Waals surface area contributed by atoms with Gasteiger partial charge in [-0.3, -0.25) is 0 Å². The van der Waals surface area contributed by atoms with Gasteiger partial charge in [-0.2, -0.15) is 5.10 Å². The molecule has 0 unspecified atom stereocenters. The van der Waals surface area contributed by atoms with E-state index in [0.717, 1.165) is 36.8 Å². The number of unbranched alkanes of at least 4 members (excludes halogenated alkanes) is 3. The number of rotatable bonds is 7. The third kappa shape index (κ3) is 5.57. The zero-order valence-electron chi connectivity index (χ0n) is 9.17. The Labute approximate surface area is 96.2 Å². The number of hydrogen-bond donors (Lipinski definition) is 1. The topological polar surface area (TPSA) is 37.8 Å². The third-order valence-corrected chi connectivity index (χ3v) is 2.43. The van der Waals surface area contributed by atoms with Crippen molar-refractivity contribution < 1.29 is 0 Å². The summed E-state index contributed by atoms with van der Waals surface area (Å²) in [6.45, 7) is 2.89. The van der Waals surface area contributed by atoms with Gasteiger partial charge in [0.05, 0.1) is 5.69 Å². The van der Waals surface area contributed by atoms with Crippen molar-refractivity contribution in [2.45, 2.75) is 32.6 Å². The summed E-state index contributed by atoms with van der Waals surface area (Å²) in [4.78, 5) is 0. The van der Waals surface area contributed by atoms with Gasteiger partial charge in [-0.25, -0.2) is 0 Å². The number of alkyl halides is 1. The van der Waals surface area contributed by atoms with Crippen LogP contribution in [0.2, 0.25) is 0 Å². The number of aryl methyl sites for hydroxylation is 1. The lowest BCUT2D eigenvalue weighted by Crippen LogP contribution is -2.04. The second kappa shape index (κ2) is 7.46. The molecular weight excluding hydrogens is 210 g/mol. The molecule has 0 fully saturated rings. The highest BCUT2D eigenvalue weighted by Crippen LogP contribution is 2.04. The largest absolute Gasteiger partial charge is 0.369 e. The lowest BCUT2D eigenvalue weighted by atomic mass is 10.2. The van der Waals surface area contributed by atoms with Crippen molar-refractivity contribution in [3.05, 3.63) is 17.8 Å². The zero-order valence-corrected chi connectivity index (χ0v) is 9.93. The van der Waals surface area contributed by atoms with Crippen LogP contribution in [0.4, 0.5) is 5.82 Å². The average molecular weight is 228 g/mol. The van der Waals surface area contributed by atoms with E-state index in [9.17, 15) is 0 Å². The normalized spacial score (nSPS) is 10.3. The van der Waals surface area contributed by atoms with Crippen molar-refractivity contribution in [1.82, 2.24) is 10.2 Å². The Bertz CT molecular complexity index is 261. The molecule has 0 saturated carbocycles. The molecule has 0 bridgehead atoms. The zero-order chi connectivity index (χ0) is 10.9. The summed E-state index contributed by atoms with van der Waals surface area (Å²) >= 11 is 5.59. The first-order chi connectivity index (χ1) is 7.33. The first kappa shape index (κ1) is 12.2. The van der Waals surface area contributed by atoms with Gasteiger partial charge in [-0.1, -0.05) is 12.8 Å². The molecule has 1 heterocycles. The van der Waals surface area contributed by atoms with E-state index in [1.54, 1.807) is 0 Å². The molecule has 1 rings (SSSR count). The molecule has 0 saturated heterocycles. The number of anilines is 1. The lowest BCUT2D eigenvalue weighted by molar-refractivity contribution is 0.686. The van der Waals surface area contributed by atoms with Crippen LogP contribution in [0.1, 0.15) is 31.4 Å². The molecule has 0 atom stereocenters. The molecule has 0 aliphatic carbocycles. The van der Waals surface area contributed by atoms with Crippen LogP contribution in [0.15, 0.2) is 12.1 Å². The van der Waals surface area contributed by atoms with E-state index in [1.807, 2.05) is 19.1 Å². The summed E-state index contributed by atoms with van der Waals surface area (Å²) in [6, 6.07) is 3.92. The summed E-state index contributed by atoms with van der Waals surface area (Å²) in [7, 11) is 0. The maximum Gasteiger partial charge on any atom is 0.148 e. The highest BCUT2D eigenvalue weighted by molar-refractivity contribution is 6.17. The van der Waals surface area contributed by atoms with E-state index >= 15 is 0 Å². The first-order valence-corrected chi connectivity index (χ1v) is 5.96. The highest BCUT2D eigenvalue weighted by atomic mass is 35.5. The lowest BCUT2D eigenvalue weighted by Gasteiger charge is -2.04. The van der Waals surface area contributed by atoms with E-state index in [0.29, 0.717) is 0 Å². The van der Waals surface area contributed by atoms with Crippen LogP contribution >= 0.6 is 11.6 Å². The van der Waals surface area contributed by atoms with Crippen LogP contribution in [0.25, 0.3) is 0 Å². The predicted octanol–water partition coefficient (Wildman–Crippen LogP) is 3.00. The monoisotopic (exact) mass is 227 g/mol. The minimum Gasteiger partial charge on any atom is -0.369 e. The third-order valence-electron chi connectivity index (χ3n) is 2.16. The van der Waals surface area contributed by atoms with E-state index in [2.05, 4.69) is 15.5 Å². The summed E-state index contributed by atoms with van der Waals surface area (Å²) < 4.78 is 0. The second-order valence-corrected chi connectivity index (χ2v) is 3.97. The maximum atomic E-state index is 5.59. The second-order valence-electron chi connectivity index (χ2n) is 3.59. The minimum atomic E-state index is 0.775.